The summed E-state index contributed by atoms with van der Waals surface area (Å²) in [4.78, 5) is 30.5. The Morgan fingerprint density at radius 1 is 1.15 bits per heavy atom. The summed E-state index contributed by atoms with van der Waals surface area (Å²) in [7, 11) is 1.62. The predicted molar refractivity (Wildman–Crippen MR) is 107 cm³/mol. The largest absolute Gasteiger partial charge is 0.351 e. The maximum atomic E-state index is 12.6. The van der Waals surface area contributed by atoms with Crippen LogP contribution in [0.4, 0.5) is 5.69 Å². The second-order valence-electron chi connectivity index (χ2n) is 6.18. The van der Waals surface area contributed by atoms with Crippen molar-refractivity contribution >= 4 is 40.2 Å². The highest BCUT2D eigenvalue weighted by Gasteiger charge is 2.17. The number of rotatable bonds is 5. The summed E-state index contributed by atoms with van der Waals surface area (Å²) < 4.78 is 0. The van der Waals surface area contributed by atoms with Gasteiger partial charge in [-0.25, -0.2) is 0 Å². The van der Waals surface area contributed by atoms with Crippen LogP contribution in [0.1, 0.15) is 16.1 Å². The number of nitrogens with one attached hydrogen (secondary N) is 2. The maximum absolute atomic E-state index is 12.6. The van der Waals surface area contributed by atoms with E-state index in [2.05, 4.69) is 10.3 Å². The molecular formula is C20H21N3O2S. The summed E-state index contributed by atoms with van der Waals surface area (Å²) in [5.74, 6) is -0.443. The number of benzene rings is 2. The summed E-state index contributed by atoms with van der Waals surface area (Å²) in [5, 5.41) is 3.85. The molecule has 0 unspecified atom stereocenters. The average Bonchev–Trinajstić information content (AvgIpc) is 3.04. The molecule has 0 aliphatic rings. The minimum atomic E-state index is -0.227. The van der Waals surface area contributed by atoms with Crippen molar-refractivity contribution in [1.29, 1.82) is 0 Å². The molecule has 0 aliphatic heterocycles. The molecule has 0 saturated carbocycles. The second-order valence-corrected chi connectivity index (χ2v) is 7.03. The van der Waals surface area contributed by atoms with Gasteiger partial charge in [0.2, 0.25) is 5.91 Å². The van der Waals surface area contributed by atoms with Crippen LogP contribution in [-0.4, -0.2) is 41.5 Å². The van der Waals surface area contributed by atoms with E-state index in [0.717, 1.165) is 27.0 Å². The van der Waals surface area contributed by atoms with Crippen LogP contribution in [0.25, 0.3) is 10.9 Å². The lowest BCUT2D eigenvalue weighted by Crippen LogP contribution is -2.35. The Labute approximate surface area is 156 Å². The number of amides is 2. The first-order chi connectivity index (χ1) is 12.5. The lowest BCUT2D eigenvalue weighted by Gasteiger charge is -2.16. The third-order valence-electron chi connectivity index (χ3n) is 4.12. The van der Waals surface area contributed by atoms with Gasteiger partial charge in [-0.15, -0.1) is 11.8 Å². The van der Waals surface area contributed by atoms with Gasteiger partial charge in [-0.05, 0) is 43.0 Å². The zero-order valence-electron chi connectivity index (χ0n) is 15.0. The molecule has 26 heavy (non-hydrogen) atoms. The van der Waals surface area contributed by atoms with E-state index in [0.29, 0.717) is 5.69 Å². The van der Waals surface area contributed by atoms with E-state index in [1.165, 1.54) is 4.90 Å². The Hall–Kier alpha value is -2.73. The zero-order valence-corrected chi connectivity index (χ0v) is 15.8. The fourth-order valence-corrected chi connectivity index (χ4v) is 3.34. The van der Waals surface area contributed by atoms with Crippen molar-refractivity contribution in [2.75, 3.05) is 25.2 Å². The fraction of sp³-hybridized carbons (Fsp3) is 0.200. The monoisotopic (exact) mass is 367 g/mol. The number of fused-ring (bicyclic) bond motifs is 1. The first-order valence-electron chi connectivity index (χ1n) is 8.25. The molecule has 0 bridgehead atoms. The minimum absolute atomic E-state index is 0.0179. The van der Waals surface area contributed by atoms with Crippen molar-refractivity contribution in [1.82, 2.24) is 9.88 Å². The Balaban J connectivity index is 1.69. The number of H-pyrrole nitrogens is 1. The summed E-state index contributed by atoms with van der Waals surface area (Å²) in [6.45, 7) is 1.99. The number of hydrogen-bond acceptors (Lipinski definition) is 3. The first kappa shape index (κ1) is 18.1. The van der Waals surface area contributed by atoms with Crippen LogP contribution in [-0.2, 0) is 4.79 Å². The van der Waals surface area contributed by atoms with Gasteiger partial charge in [0.25, 0.3) is 5.91 Å². The van der Waals surface area contributed by atoms with Gasteiger partial charge in [0.15, 0.2) is 0 Å². The molecule has 6 heteroatoms. The quantitative estimate of drug-likeness (QED) is 0.672. The molecule has 5 nitrogen and oxygen atoms in total. The van der Waals surface area contributed by atoms with Gasteiger partial charge >= 0.3 is 0 Å². The summed E-state index contributed by atoms with van der Waals surface area (Å²) >= 11 is 1.56. The van der Waals surface area contributed by atoms with Crippen LogP contribution in [0.5, 0.6) is 0 Å². The Kier molecular flexibility index (Phi) is 5.32. The van der Waals surface area contributed by atoms with E-state index < -0.39 is 0 Å². The van der Waals surface area contributed by atoms with Gasteiger partial charge in [0.1, 0.15) is 5.69 Å². The smallest absolute Gasteiger partial charge is 0.270 e. The number of aromatic amines is 1. The van der Waals surface area contributed by atoms with Crippen LogP contribution < -0.4 is 5.32 Å². The van der Waals surface area contributed by atoms with Gasteiger partial charge in [-0.2, -0.15) is 0 Å². The molecule has 0 radical (unpaired) electrons. The maximum Gasteiger partial charge on any atom is 0.270 e. The second kappa shape index (κ2) is 7.66. The van der Waals surface area contributed by atoms with Gasteiger partial charge in [-0.1, -0.05) is 24.3 Å². The minimum Gasteiger partial charge on any atom is -0.351 e. The number of hydrogen-bond donors (Lipinski definition) is 2. The van der Waals surface area contributed by atoms with Gasteiger partial charge in [-0.3, -0.25) is 9.59 Å². The van der Waals surface area contributed by atoms with Crippen molar-refractivity contribution in [2.45, 2.75) is 11.8 Å². The molecule has 1 aromatic heterocycles. The van der Waals surface area contributed by atoms with Crippen LogP contribution in [0, 0.1) is 6.92 Å². The number of aryl methyl sites for hydroxylation is 1. The zero-order chi connectivity index (χ0) is 18.7. The molecule has 0 aliphatic carbocycles. The predicted octanol–water partition coefficient (Wildman–Crippen LogP) is 3.91. The third kappa shape index (κ3) is 3.91. The Bertz CT molecular complexity index is 965. The molecule has 3 rings (SSSR count). The highest BCUT2D eigenvalue weighted by molar-refractivity contribution is 7.98. The number of aromatic nitrogens is 1. The van der Waals surface area contributed by atoms with Crippen molar-refractivity contribution in [3.8, 4) is 0 Å². The standard InChI is InChI=1S/C20H21N3O2S/c1-13-8-9-14-11-17(21-16(14)10-13)20(25)23(2)12-19(24)22-15-6-4-5-7-18(15)26-3/h4-11,21H,12H2,1-3H3,(H,22,24). The molecule has 0 saturated heterocycles. The normalized spacial score (nSPS) is 10.7. The molecule has 0 atom stereocenters. The number of carbonyl (C=O) groups excluding carboxylic acids is 2. The Morgan fingerprint density at radius 3 is 2.69 bits per heavy atom. The first-order valence-corrected chi connectivity index (χ1v) is 9.48. The molecule has 0 fully saturated rings. The summed E-state index contributed by atoms with van der Waals surface area (Å²) in [6, 6.07) is 15.4. The number of para-hydroxylation sites is 1. The van der Waals surface area contributed by atoms with E-state index in [9.17, 15) is 9.59 Å². The van der Waals surface area contributed by atoms with Crippen molar-refractivity contribution in [3.63, 3.8) is 0 Å². The van der Waals surface area contributed by atoms with E-state index >= 15 is 0 Å². The number of anilines is 1. The van der Waals surface area contributed by atoms with Crippen LogP contribution in [0.3, 0.4) is 0 Å². The number of carbonyl (C=O) groups is 2. The highest BCUT2D eigenvalue weighted by atomic mass is 32.2. The molecule has 0 spiro atoms. The lowest BCUT2D eigenvalue weighted by atomic mass is 10.2. The number of likely N-dealkylation sites (N-methyl/N-ethyl adjacent to an activating group) is 1. The summed E-state index contributed by atoms with van der Waals surface area (Å²) in [5.41, 5.74) is 3.27. The molecule has 2 aromatic carbocycles. The van der Waals surface area contributed by atoms with Crippen molar-refractivity contribution in [3.05, 3.63) is 59.8 Å². The Morgan fingerprint density at radius 2 is 1.92 bits per heavy atom. The van der Waals surface area contributed by atoms with Crippen LogP contribution in [0.2, 0.25) is 0 Å². The molecular weight excluding hydrogens is 346 g/mol. The van der Waals surface area contributed by atoms with Crippen molar-refractivity contribution in [2.24, 2.45) is 0 Å². The van der Waals surface area contributed by atoms with Crippen LogP contribution >= 0.6 is 11.8 Å². The highest BCUT2D eigenvalue weighted by Crippen LogP contribution is 2.24. The third-order valence-corrected chi connectivity index (χ3v) is 4.91. The SMILES string of the molecule is CSc1ccccc1NC(=O)CN(C)C(=O)c1cc2ccc(C)cc2[nH]1. The molecule has 134 valence electrons. The topological polar surface area (TPSA) is 65.2 Å². The van der Waals surface area contributed by atoms with Crippen molar-refractivity contribution < 1.29 is 9.59 Å². The van der Waals surface area contributed by atoms with E-state index in [1.54, 1.807) is 18.8 Å². The van der Waals surface area contributed by atoms with Crippen LogP contribution in [0.15, 0.2) is 53.4 Å². The van der Waals surface area contributed by atoms with Gasteiger partial charge < -0.3 is 15.2 Å². The molecule has 3 aromatic rings. The molecule has 2 N–H and O–H groups in total. The number of nitrogens with zero attached hydrogens (tertiary/aromatic N) is 1. The van der Waals surface area contributed by atoms with Gasteiger partial charge in [0, 0.05) is 22.8 Å². The van der Waals surface area contributed by atoms with Gasteiger partial charge in [0.05, 0.1) is 12.2 Å². The lowest BCUT2D eigenvalue weighted by molar-refractivity contribution is -0.116. The molecule has 1 heterocycles. The van der Waals surface area contributed by atoms with E-state index in [-0.39, 0.29) is 18.4 Å². The average molecular weight is 367 g/mol. The number of thioether (sulfide) groups is 1. The van der Waals surface area contributed by atoms with E-state index in [4.69, 9.17) is 0 Å². The fourth-order valence-electron chi connectivity index (χ4n) is 2.79. The van der Waals surface area contributed by atoms with E-state index in [1.807, 2.05) is 61.7 Å². The summed E-state index contributed by atoms with van der Waals surface area (Å²) in [6.07, 6.45) is 1.96. The molecule has 2 amide bonds.